The predicted octanol–water partition coefficient (Wildman–Crippen LogP) is 3.79. The average molecular weight is 457 g/mol. The van der Waals surface area contributed by atoms with Gasteiger partial charge in [0.15, 0.2) is 18.1 Å². The third-order valence-electron chi connectivity index (χ3n) is 5.09. The first-order valence-corrected chi connectivity index (χ1v) is 10.9. The maximum Gasteiger partial charge on any atom is 0.265 e. The molecule has 170 valence electrons. The number of ether oxygens (including phenoxy) is 2. The number of hydrogen-bond donors (Lipinski definition) is 2. The van der Waals surface area contributed by atoms with Crippen LogP contribution in [0.5, 0.6) is 11.5 Å². The molecular formula is C23H28N4O4S. The van der Waals surface area contributed by atoms with Gasteiger partial charge in [0.05, 0.1) is 26.0 Å². The van der Waals surface area contributed by atoms with Crippen molar-refractivity contribution in [2.45, 2.75) is 45.2 Å². The molecule has 32 heavy (non-hydrogen) atoms. The Morgan fingerprint density at radius 2 is 2.00 bits per heavy atom. The topological polar surface area (TPSA) is 105 Å². The second-order valence-electron chi connectivity index (χ2n) is 8.71. The molecule has 3 rings (SSSR count). The summed E-state index contributed by atoms with van der Waals surface area (Å²) in [7, 11) is 3.11. The summed E-state index contributed by atoms with van der Waals surface area (Å²) < 4.78 is 10.4. The van der Waals surface area contributed by atoms with Gasteiger partial charge in [0.1, 0.15) is 11.1 Å². The van der Waals surface area contributed by atoms with E-state index in [1.54, 1.807) is 32.4 Å². The Kier molecular flexibility index (Phi) is 6.77. The fraction of sp³-hybridized carbons (Fsp3) is 0.435. The summed E-state index contributed by atoms with van der Waals surface area (Å²) in [6.07, 6.45) is 2.20. The number of anilines is 1. The second kappa shape index (κ2) is 9.18. The number of methoxy groups -OCH3 is 2. The zero-order valence-corrected chi connectivity index (χ0v) is 20.0. The summed E-state index contributed by atoms with van der Waals surface area (Å²) in [5.74, 6) is 0.800. The van der Waals surface area contributed by atoms with Crippen molar-refractivity contribution in [1.82, 2.24) is 5.32 Å². The van der Waals surface area contributed by atoms with E-state index < -0.39 is 0 Å². The van der Waals surface area contributed by atoms with E-state index in [-0.39, 0.29) is 23.6 Å². The van der Waals surface area contributed by atoms with Crippen molar-refractivity contribution in [3.05, 3.63) is 39.8 Å². The lowest BCUT2D eigenvalue weighted by atomic mass is 9.81. The highest BCUT2D eigenvalue weighted by molar-refractivity contribution is 7.17. The molecule has 1 aromatic carbocycles. The first-order chi connectivity index (χ1) is 15.1. The van der Waals surface area contributed by atoms with Gasteiger partial charge in [-0.25, -0.2) is 0 Å². The molecule has 0 atom stereocenters. The third kappa shape index (κ3) is 5.03. The van der Waals surface area contributed by atoms with Crippen LogP contribution in [0.15, 0.2) is 23.4 Å². The highest BCUT2D eigenvalue weighted by Crippen LogP contribution is 2.44. The molecule has 1 aliphatic heterocycles. The number of thiophene rings is 1. The van der Waals surface area contributed by atoms with Gasteiger partial charge in [-0.1, -0.05) is 5.16 Å². The molecule has 2 N–H and O–H groups in total. The van der Waals surface area contributed by atoms with E-state index >= 15 is 0 Å². The molecule has 0 spiro atoms. The lowest BCUT2D eigenvalue weighted by molar-refractivity contribution is -0.120. The number of hydrogen-bond acceptors (Lipinski definition) is 8. The van der Waals surface area contributed by atoms with Crippen LogP contribution in [0.1, 0.15) is 49.3 Å². The normalized spacial score (nSPS) is 16.2. The maximum absolute atomic E-state index is 12.4. The standard InChI is InChI=1S/C23H28N4O4S/c1-22(2)10-15-16(11-24)21(32-20(15)23(3,4)27-22)26-19(28)13-31-25-12-14-7-8-17(29-5)18(9-14)30-6/h7-9,12,27H,10,13H2,1-6H3,(H,26,28). The highest BCUT2D eigenvalue weighted by atomic mass is 32.1. The zero-order chi connectivity index (χ0) is 23.5. The van der Waals surface area contributed by atoms with Gasteiger partial charge in [-0.3, -0.25) is 4.79 Å². The Hall–Kier alpha value is -3.09. The van der Waals surface area contributed by atoms with E-state index in [4.69, 9.17) is 14.3 Å². The molecule has 2 heterocycles. The summed E-state index contributed by atoms with van der Waals surface area (Å²) in [5, 5.41) is 20.6. The largest absolute Gasteiger partial charge is 0.493 e. The van der Waals surface area contributed by atoms with Crippen molar-refractivity contribution < 1.29 is 19.1 Å². The number of fused-ring (bicyclic) bond motifs is 1. The number of carbonyl (C=O) groups excluding carboxylic acids is 1. The minimum atomic E-state index is -0.380. The molecule has 0 radical (unpaired) electrons. The van der Waals surface area contributed by atoms with Crippen LogP contribution in [0.3, 0.4) is 0 Å². The lowest BCUT2D eigenvalue weighted by Crippen LogP contribution is -2.54. The summed E-state index contributed by atoms with van der Waals surface area (Å²) in [6, 6.07) is 7.57. The Morgan fingerprint density at radius 3 is 2.66 bits per heavy atom. The number of benzene rings is 1. The van der Waals surface area contributed by atoms with E-state index in [0.29, 0.717) is 28.5 Å². The molecular weight excluding hydrogens is 428 g/mol. The Bertz CT molecular complexity index is 1080. The van der Waals surface area contributed by atoms with Crippen LogP contribution in [-0.2, 0) is 21.6 Å². The molecule has 1 aliphatic rings. The summed E-state index contributed by atoms with van der Waals surface area (Å²) in [6.45, 7) is 8.12. The molecule has 1 amide bonds. The van der Waals surface area contributed by atoms with Crippen LogP contribution in [0, 0.1) is 11.3 Å². The number of nitrogens with one attached hydrogen (secondary N) is 2. The van der Waals surface area contributed by atoms with Crippen LogP contribution >= 0.6 is 11.3 Å². The minimum Gasteiger partial charge on any atom is -0.493 e. The van der Waals surface area contributed by atoms with Crippen LogP contribution < -0.4 is 20.1 Å². The van der Waals surface area contributed by atoms with Crippen molar-refractivity contribution in [3.63, 3.8) is 0 Å². The molecule has 0 saturated heterocycles. The fourth-order valence-electron chi connectivity index (χ4n) is 4.02. The molecule has 8 nitrogen and oxygen atoms in total. The quantitative estimate of drug-likeness (QED) is 0.485. The molecule has 0 fully saturated rings. The van der Waals surface area contributed by atoms with E-state index in [9.17, 15) is 10.1 Å². The minimum absolute atomic E-state index is 0.146. The number of amides is 1. The number of nitrogens with zero attached hydrogens (tertiary/aromatic N) is 2. The smallest absolute Gasteiger partial charge is 0.265 e. The van der Waals surface area contributed by atoms with Crippen LogP contribution in [0.2, 0.25) is 0 Å². The molecule has 0 aliphatic carbocycles. The van der Waals surface area contributed by atoms with Gasteiger partial charge in [0.2, 0.25) is 0 Å². The highest BCUT2D eigenvalue weighted by Gasteiger charge is 2.40. The predicted molar refractivity (Wildman–Crippen MR) is 125 cm³/mol. The van der Waals surface area contributed by atoms with Crippen molar-refractivity contribution in [2.24, 2.45) is 5.16 Å². The lowest BCUT2D eigenvalue weighted by Gasteiger charge is -2.42. The summed E-state index contributed by atoms with van der Waals surface area (Å²) in [5.41, 5.74) is 1.81. The molecule has 2 aromatic rings. The van der Waals surface area contributed by atoms with Gasteiger partial charge in [-0.15, -0.1) is 11.3 Å². The first kappa shape index (κ1) is 23.6. The van der Waals surface area contributed by atoms with Crippen molar-refractivity contribution in [1.29, 1.82) is 5.26 Å². The summed E-state index contributed by atoms with van der Waals surface area (Å²) in [4.78, 5) is 18.6. The molecule has 1 aromatic heterocycles. The zero-order valence-electron chi connectivity index (χ0n) is 19.2. The number of nitriles is 1. The average Bonchev–Trinajstić information content (AvgIpc) is 3.06. The van der Waals surface area contributed by atoms with Gasteiger partial charge in [0.25, 0.3) is 5.91 Å². The van der Waals surface area contributed by atoms with E-state index in [2.05, 4.69) is 49.6 Å². The molecule has 9 heteroatoms. The molecule has 0 saturated carbocycles. The van der Waals surface area contributed by atoms with Crippen LogP contribution in [0.4, 0.5) is 5.00 Å². The Balaban J connectivity index is 1.66. The van der Waals surface area contributed by atoms with E-state index in [1.165, 1.54) is 17.6 Å². The Morgan fingerprint density at radius 1 is 1.28 bits per heavy atom. The van der Waals surface area contributed by atoms with Gasteiger partial charge in [-0.05, 0) is 57.9 Å². The third-order valence-corrected chi connectivity index (χ3v) is 6.56. The SMILES string of the molecule is COc1ccc(C=NOCC(=O)Nc2sc3c(c2C#N)CC(C)(C)NC3(C)C)cc1OC. The number of rotatable bonds is 7. The number of oxime groups is 1. The number of carbonyl (C=O) groups is 1. The van der Waals surface area contributed by atoms with Crippen molar-refractivity contribution >= 4 is 28.5 Å². The van der Waals surface area contributed by atoms with Gasteiger partial charge in [0, 0.05) is 21.5 Å². The van der Waals surface area contributed by atoms with E-state index in [1.807, 2.05) is 0 Å². The maximum atomic E-state index is 12.4. The van der Waals surface area contributed by atoms with Crippen molar-refractivity contribution in [3.8, 4) is 17.6 Å². The van der Waals surface area contributed by atoms with Gasteiger partial charge < -0.3 is 24.9 Å². The Labute approximate surface area is 192 Å². The second-order valence-corrected chi connectivity index (χ2v) is 9.73. The van der Waals surface area contributed by atoms with Gasteiger partial charge >= 0.3 is 0 Å². The van der Waals surface area contributed by atoms with Gasteiger partial charge in [-0.2, -0.15) is 5.26 Å². The molecule has 0 bridgehead atoms. The van der Waals surface area contributed by atoms with Crippen LogP contribution in [-0.4, -0.2) is 38.5 Å². The monoisotopic (exact) mass is 456 g/mol. The van der Waals surface area contributed by atoms with Crippen molar-refractivity contribution in [2.75, 3.05) is 26.1 Å². The van der Waals surface area contributed by atoms with E-state index in [0.717, 1.165) is 16.0 Å². The summed E-state index contributed by atoms with van der Waals surface area (Å²) >= 11 is 1.43. The molecule has 0 unspecified atom stereocenters. The first-order valence-electron chi connectivity index (χ1n) is 10.1. The van der Waals surface area contributed by atoms with Crippen LogP contribution in [0.25, 0.3) is 0 Å². The fourth-order valence-corrected chi connectivity index (χ4v) is 5.27.